The van der Waals surface area contributed by atoms with Crippen LogP contribution in [0.15, 0.2) is 11.6 Å². The lowest BCUT2D eigenvalue weighted by atomic mass is 9.61. The van der Waals surface area contributed by atoms with Gasteiger partial charge in [-0.25, -0.2) is 0 Å². The highest BCUT2D eigenvalue weighted by Crippen LogP contribution is 2.53. The van der Waals surface area contributed by atoms with Crippen LogP contribution in [-0.4, -0.2) is 0 Å². The number of hydrogen-bond donors (Lipinski definition) is 0. The first-order chi connectivity index (χ1) is 7.03. The fourth-order valence-electron chi connectivity index (χ4n) is 3.73. The molecular weight excluding hydrogens is 180 g/mol. The maximum Gasteiger partial charge on any atom is -0.00843 e. The van der Waals surface area contributed by atoms with Crippen molar-refractivity contribution >= 4 is 0 Å². The van der Waals surface area contributed by atoms with Crippen molar-refractivity contribution in [3.63, 3.8) is 0 Å². The third kappa shape index (κ3) is 2.00. The van der Waals surface area contributed by atoms with E-state index in [1.54, 1.807) is 5.57 Å². The van der Waals surface area contributed by atoms with Gasteiger partial charge in [-0.3, -0.25) is 0 Å². The third-order valence-corrected chi connectivity index (χ3v) is 5.06. The summed E-state index contributed by atoms with van der Waals surface area (Å²) >= 11 is 0. The predicted molar refractivity (Wildman–Crippen MR) is 66.8 cm³/mol. The zero-order valence-electron chi connectivity index (χ0n) is 10.8. The van der Waals surface area contributed by atoms with Gasteiger partial charge in [-0.2, -0.15) is 0 Å². The third-order valence-electron chi connectivity index (χ3n) is 5.06. The Kier molecular flexibility index (Phi) is 2.96. The predicted octanol–water partition coefficient (Wildman–Crippen LogP) is 4.81. The lowest BCUT2D eigenvalue weighted by Gasteiger charge is -2.44. The molecule has 1 spiro atoms. The summed E-state index contributed by atoms with van der Waals surface area (Å²) in [6.45, 7) is 9.60. The molecule has 0 saturated heterocycles. The fourth-order valence-corrected chi connectivity index (χ4v) is 3.73. The molecule has 0 aromatic carbocycles. The summed E-state index contributed by atoms with van der Waals surface area (Å²) in [6.07, 6.45) is 9.80. The summed E-state index contributed by atoms with van der Waals surface area (Å²) in [5, 5.41) is 0. The molecule has 0 amide bonds. The minimum absolute atomic E-state index is 0.595. The second kappa shape index (κ2) is 3.96. The molecule has 0 bridgehead atoms. The molecule has 0 aromatic heterocycles. The molecule has 2 aliphatic rings. The lowest BCUT2D eigenvalue weighted by molar-refractivity contribution is 0.0941. The molecule has 0 aromatic rings. The van der Waals surface area contributed by atoms with E-state index in [0.29, 0.717) is 5.41 Å². The van der Waals surface area contributed by atoms with Crippen LogP contribution in [0.3, 0.4) is 0 Å². The van der Waals surface area contributed by atoms with Crippen molar-refractivity contribution in [1.29, 1.82) is 0 Å². The Morgan fingerprint density at radius 1 is 1.33 bits per heavy atom. The van der Waals surface area contributed by atoms with Gasteiger partial charge in [0.25, 0.3) is 0 Å². The second-order valence-electron chi connectivity index (χ2n) is 6.41. The van der Waals surface area contributed by atoms with E-state index in [0.717, 1.165) is 17.8 Å². The molecule has 0 heteroatoms. The minimum atomic E-state index is 0.595. The Bertz CT molecular complexity index is 261. The Labute approximate surface area is 95.1 Å². The lowest BCUT2D eigenvalue weighted by Crippen LogP contribution is -2.34. The number of hydrogen-bond acceptors (Lipinski definition) is 0. The molecule has 1 saturated carbocycles. The van der Waals surface area contributed by atoms with E-state index < -0.39 is 0 Å². The van der Waals surface area contributed by atoms with Crippen LogP contribution in [0.4, 0.5) is 0 Å². The largest absolute Gasteiger partial charge is 0.0791 e. The van der Waals surface area contributed by atoms with Gasteiger partial charge in [-0.05, 0) is 62.2 Å². The topological polar surface area (TPSA) is 0 Å². The van der Waals surface area contributed by atoms with Gasteiger partial charge in [0.05, 0.1) is 0 Å². The quantitative estimate of drug-likeness (QED) is 0.540. The van der Waals surface area contributed by atoms with Crippen molar-refractivity contribution in [1.82, 2.24) is 0 Å². The first-order valence-electron chi connectivity index (χ1n) is 6.72. The van der Waals surface area contributed by atoms with Crippen LogP contribution in [0.2, 0.25) is 0 Å². The summed E-state index contributed by atoms with van der Waals surface area (Å²) in [6, 6.07) is 0. The van der Waals surface area contributed by atoms with Gasteiger partial charge in [0.2, 0.25) is 0 Å². The zero-order chi connectivity index (χ0) is 11.1. The van der Waals surface area contributed by atoms with E-state index in [1.807, 2.05) is 0 Å². The summed E-state index contributed by atoms with van der Waals surface area (Å²) in [5.41, 5.74) is 2.24. The maximum atomic E-state index is 2.63. The molecule has 0 unspecified atom stereocenters. The Balaban J connectivity index is 2.16. The van der Waals surface area contributed by atoms with Crippen LogP contribution in [0.1, 0.15) is 59.8 Å². The summed E-state index contributed by atoms with van der Waals surface area (Å²) < 4.78 is 0. The molecule has 86 valence electrons. The Morgan fingerprint density at radius 3 is 2.60 bits per heavy atom. The smallest absolute Gasteiger partial charge is 0.00843 e. The van der Waals surface area contributed by atoms with Crippen molar-refractivity contribution in [3.8, 4) is 0 Å². The maximum absolute atomic E-state index is 2.63. The standard InChI is InChI=1S/C15H26/c1-11(2)14-6-5-13(4)15(10-14)8-7-12(3)9-15/h9,11,13-14H,5-8,10H2,1-4H3/t13-,14-,15+/m1/s1. The summed E-state index contributed by atoms with van der Waals surface area (Å²) in [5.74, 6) is 2.77. The van der Waals surface area contributed by atoms with Gasteiger partial charge in [-0.1, -0.05) is 32.4 Å². The first-order valence-corrected chi connectivity index (χ1v) is 6.72. The van der Waals surface area contributed by atoms with Crippen molar-refractivity contribution in [2.24, 2.45) is 23.2 Å². The molecule has 1 fully saturated rings. The molecular formula is C15H26. The van der Waals surface area contributed by atoms with E-state index in [9.17, 15) is 0 Å². The molecule has 3 atom stereocenters. The zero-order valence-corrected chi connectivity index (χ0v) is 10.8. The second-order valence-corrected chi connectivity index (χ2v) is 6.41. The highest BCUT2D eigenvalue weighted by Gasteiger charge is 2.42. The van der Waals surface area contributed by atoms with Gasteiger partial charge >= 0.3 is 0 Å². The first kappa shape index (κ1) is 11.2. The number of allylic oxidation sites excluding steroid dienone is 2. The Morgan fingerprint density at radius 2 is 2.07 bits per heavy atom. The average molecular weight is 206 g/mol. The molecule has 0 heterocycles. The average Bonchev–Trinajstić information content (AvgIpc) is 2.53. The normalized spacial score (nSPS) is 41.3. The van der Waals surface area contributed by atoms with Crippen LogP contribution in [0.5, 0.6) is 0 Å². The molecule has 0 radical (unpaired) electrons. The van der Waals surface area contributed by atoms with Crippen LogP contribution in [0.25, 0.3) is 0 Å². The van der Waals surface area contributed by atoms with Crippen molar-refractivity contribution in [2.45, 2.75) is 59.8 Å². The summed E-state index contributed by atoms with van der Waals surface area (Å²) in [4.78, 5) is 0. The molecule has 2 rings (SSSR count). The van der Waals surface area contributed by atoms with Gasteiger partial charge in [0, 0.05) is 0 Å². The van der Waals surface area contributed by atoms with E-state index in [4.69, 9.17) is 0 Å². The van der Waals surface area contributed by atoms with Crippen LogP contribution < -0.4 is 0 Å². The SMILES string of the molecule is CC1=C[C@@]2(CC1)C[C@H](C(C)C)CC[C@H]2C. The molecule has 0 nitrogen and oxygen atoms in total. The highest BCUT2D eigenvalue weighted by molar-refractivity contribution is 5.17. The van der Waals surface area contributed by atoms with Gasteiger partial charge < -0.3 is 0 Å². The van der Waals surface area contributed by atoms with Crippen molar-refractivity contribution in [3.05, 3.63) is 11.6 Å². The highest BCUT2D eigenvalue weighted by atomic mass is 14.5. The van der Waals surface area contributed by atoms with E-state index in [1.165, 1.54) is 32.1 Å². The monoisotopic (exact) mass is 206 g/mol. The van der Waals surface area contributed by atoms with Gasteiger partial charge in [0.1, 0.15) is 0 Å². The molecule has 0 aliphatic heterocycles. The number of rotatable bonds is 1. The molecule has 15 heavy (non-hydrogen) atoms. The fraction of sp³-hybridized carbons (Fsp3) is 0.867. The van der Waals surface area contributed by atoms with Crippen molar-refractivity contribution in [2.75, 3.05) is 0 Å². The van der Waals surface area contributed by atoms with E-state index in [2.05, 4.69) is 33.8 Å². The van der Waals surface area contributed by atoms with Gasteiger partial charge in [0.15, 0.2) is 0 Å². The van der Waals surface area contributed by atoms with Gasteiger partial charge in [-0.15, -0.1) is 0 Å². The molecule has 0 N–H and O–H groups in total. The molecule has 2 aliphatic carbocycles. The van der Waals surface area contributed by atoms with E-state index >= 15 is 0 Å². The van der Waals surface area contributed by atoms with Crippen LogP contribution in [0, 0.1) is 23.2 Å². The summed E-state index contributed by atoms with van der Waals surface area (Å²) in [7, 11) is 0. The van der Waals surface area contributed by atoms with Crippen LogP contribution in [-0.2, 0) is 0 Å². The van der Waals surface area contributed by atoms with E-state index in [-0.39, 0.29) is 0 Å². The van der Waals surface area contributed by atoms with Crippen molar-refractivity contribution < 1.29 is 0 Å². The Hall–Kier alpha value is -0.260. The minimum Gasteiger partial charge on any atom is -0.0791 e. The van der Waals surface area contributed by atoms with Crippen LogP contribution >= 0.6 is 0 Å².